The largest absolute Gasteiger partial charge is 0.493 e. The van der Waals surface area contributed by atoms with E-state index in [1.165, 1.54) is 6.21 Å². The fourth-order valence-electron chi connectivity index (χ4n) is 1.83. The van der Waals surface area contributed by atoms with Crippen molar-refractivity contribution in [1.82, 2.24) is 0 Å². The van der Waals surface area contributed by atoms with E-state index >= 15 is 0 Å². The molecule has 0 saturated heterocycles. The normalized spacial score (nSPS) is 10.0. The number of nitrogens with zero attached hydrogens (tertiary/aromatic N) is 1. The minimum atomic E-state index is 0.553. The summed E-state index contributed by atoms with van der Waals surface area (Å²) < 4.78 is 10.5. The molecular formula is C17H15NO3. The van der Waals surface area contributed by atoms with E-state index in [0.29, 0.717) is 22.6 Å². The molecule has 0 aromatic heterocycles. The van der Waals surface area contributed by atoms with Crippen molar-refractivity contribution in [1.29, 1.82) is 0 Å². The third-order valence-corrected chi connectivity index (χ3v) is 2.87. The molecule has 1 N–H and O–H groups in total. The van der Waals surface area contributed by atoms with E-state index in [-0.39, 0.29) is 0 Å². The van der Waals surface area contributed by atoms with Crippen molar-refractivity contribution >= 4 is 6.21 Å². The van der Waals surface area contributed by atoms with E-state index < -0.39 is 0 Å². The SMILES string of the molecule is COc1cc(C#Cc2ccccc2)c(/C=N/O)cc1OC. The van der Waals surface area contributed by atoms with Gasteiger partial charge in [0.25, 0.3) is 0 Å². The molecule has 0 spiro atoms. The Balaban J connectivity index is 2.49. The average molecular weight is 281 g/mol. The Morgan fingerprint density at radius 2 is 1.67 bits per heavy atom. The summed E-state index contributed by atoms with van der Waals surface area (Å²) >= 11 is 0. The maximum atomic E-state index is 8.77. The minimum absolute atomic E-state index is 0.553. The number of ether oxygens (including phenoxy) is 2. The van der Waals surface area contributed by atoms with Crippen molar-refractivity contribution in [2.45, 2.75) is 0 Å². The molecule has 0 fully saturated rings. The molecule has 0 unspecified atom stereocenters. The van der Waals surface area contributed by atoms with Crippen LogP contribution in [-0.4, -0.2) is 25.6 Å². The molecule has 0 aliphatic heterocycles. The lowest BCUT2D eigenvalue weighted by atomic mass is 10.1. The van der Waals surface area contributed by atoms with Gasteiger partial charge in [-0.15, -0.1) is 0 Å². The van der Waals surface area contributed by atoms with Crippen LogP contribution in [0, 0.1) is 11.8 Å². The van der Waals surface area contributed by atoms with Gasteiger partial charge in [0.2, 0.25) is 0 Å². The summed E-state index contributed by atoms with van der Waals surface area (Å²) in [7, 11) is 3.11. The number of benzene rings is 2. The molecular weight excluding hydrogens is 266 g/mol. The number of rotatable bonds is 3. The van der Waals surface area contributed by atoms with Crippen LogP contribution in [0.15, 0.2) is 47.6 Å². The molecule has 0 heterocycles. The lowest BCUT2D eigenvalue weighted by molar-refractivity contribution is 0.321. The van der Waals surface area contributed by atoms with Gasteiger partial charge in [-0.1, -0.05) is 35.2 Å². The molecule has 0 radical (unpaired) electrons. The van der Waals surface area contributed by atoms with Crippen LogP contribution in [0.5, 0.6) is 11.5 Å². The fourth-order valence-corrected chi connectivity index (χ4v) is 1.83. The molecule has 4 nitrogen and oxygen atoms in total. The molecule has 2 aromatic carbocycles. The Hall–Kier alpha value is -2.93. The van der Waals surface area contributed by atoms with E-state index in [1.807, 2.05) is 30.3 Å². The van der Waals surface area contributed by atoms with E-state index in [0.717, 1.165) is 5.56 Å². The second kappa shape index (κ2) is 7.01. The van der Waals surface area contributed by atoms with Gasteiger partial charge >= 0.3 is 0 Å². The molecule has 0 saturated carbocycles. The molecule has 0 aliphatic carbocycles. The highest BCUT2D eigenvalue weighted by molar-refractivity contribution is 5.84. The molecule has 21 heavy (non-hydrogen) atoms. The molecule has 0 aliphatic rings. The van der Waals surface area contributed by atoms with E-state index in [1.54, 1.807) is 26.4 Å². The number of oxime groups is 1. The summed E-state index contributed by atoms with van der Waals surface area (Å²) in [5.41, 5.74) is 2.24. The molecule has 0 bridgehead atoms. The summed E-state index contributed by atoms with van der Waals surface area (Å²) in [5.74, 6) is 7.24. The highest BCUT2D eigenvalue weighted by Crippen LogP contribution is 2.29. The van der Waals surface area contributed by atoms with Gasteiger partial charge in [-0.3, -0.25) is 0 Å². The van der Waals surface area contributed by atoms with Gasteiger partial charge in [0.15, 0.2) is 11.5 Å². The maximum absolute atomic E-state index is 8.77. The van der Waals surface area contributed by atoms with Crippen LogP contribution in [0.1, 0.15) is 16.7 Å². The zero-order valence-electron chi connectivity index (χ0n) is 11.8. The predicted molar refractivity (Wildman–Crippen MR) is 81.3 cm³/mol. The molecule has 0 amide bonds. The van der Waals surface area contributed by atoms with Crippen LogP contribution in [0.25, 0.3) is 0 Å². The molecule has 4 heteroatoms. The summed E-state index contributed by atoms with van der Waals surface area (Å²) in [6, 6.07) is 13.1. The zero-order valence-corrected chi connectivity index (χ0v) is 11.8. The molecule has 106 valence electrons. The van der Waals surface area contributed by atoms with Crippen molar-refractivity contribution < 1.29 is 14.7 Å². The van der Waals surface area contributed by atoms with Crippen molar-refractivity contribution in [2.75, 3.05) is 14.2 Å². The summed E-state index contributed by atoms with van der Waals surface area (Å²) in [6.07, 6.45) is 1.32. The summed E-state index contributed by atoms with van der Waals surface area (Å²) in [5, 5.41) is 11.8. The van der Waals surface area contributed by atoms with Crippen molar-refractivity contribution in [3.63, 3.8) is 0 Å². The van der Waals surface area contributed by atoms with Crippen molar-refractivity contribution in [2.24, 2.45) is 5.16 Å². The average Bonchev–Trinajstić information content (AvgIpc) is 2.54. The smallest absolute Gasteiger partial charge is 0.162 e. The molecule has 2 aromatic rings. The first-order valence-corrected chi connectivity index (χ1v) is 6.29. The monoisotopic (exact) mass is 281 g/mol. The summed E-state index contributed by atoms with van der Waals surface area (Å²) in [6.45, 7) is 0. The Labute approximate surface area is 123 Å². The van der Waals surface area contributed by atoms with Crippen LogP contribution in [0.4, 0.5) is 0 Å². The first kappa shape index (κ1) is 14.5. The van der Waals surface area contributed by atoms with E-state index in [2.05, 4.69) is 17.0 Å². The Morgan fingerprint density at radius 3 is 2.29 bits per heavy atom. The van der Waals surface area contributed by atoms with E-state index in [4.69, 9.17) is 14.7 Å². The van der Waals surface area contributed by atoms with E-state index in [9.17, 15) is 0 Å². The Kier molecular flexibility index (Phi) is 4.84. The third-order valence-electron chi connectivity index (χ3n) is 2.87. The Morgan fingerprint density at radius 1 is 1.00 bits per heavy atom. The van der Waals surface area contributed by atoms with Gasteiger partial charge < -0.3 is 14.7 Å². The van der Waals surface area contributed by atoms with Gasteiger partial charge in [-0.25, -0.2) is 0 Å². The van der Waals surface area contributed by atoms with Gasteiger partial charge in [0.1, 0.15) is 0 Å². The second-order valence-corrected chi connectivity index (χ2v) is 4.16. The third kappa shape index (κ3) is 3.54. The fraction of sp³-hybridized carbons (Fsp3) is 0.118. The zero-order chi connectivity index (χ0) is 15.1. The lowest BCUT2D eigenvalue weighted by Gasteiger charge is -2.09. The van der Waals surface area contributed by atoms with Crippen LogP contribution >= 0.6 is 0 Å². The number of hydrogen-bond donors (Lipinski definition) is 1. The van der Waals surface area contributed by atoms with Crippen LogP contribution < -0.4 is 9.47 Å². The highest BCUT2D eigenvalue weighted by Gasteiger charge is 2.08. The van der Waals surface area contributed by atoms with Gasteiger partial charge in [-0.2, -0.15) is 0 Å². The van der Waals surface area contributed by atoms with Crippen LogP contribution in [-0.2, 0) is 0 Å². The first-order chi connectivity index (χ1) is 10.3. The van der Waals surface area contributed by atoms with Gasteiger partial charge in [0, 0.05) is 22.8 Å². The van der Waals surface area contributed by atoms with Crippen molar-refractivity contribution in [3.8, 4) is 23.3 Å². The molecule has 0 atom stereocenters. The van der Waals surface area contributed by atoms with Crippen LogP contribution in [0.3, 0.4) is 0 Å². The quantitative estimate of drug-likeness (QED) is 0.407. The number of hydrogen-bond acceptors (Lipinski definition) is 4. The molecule has 2 rings (SSSR count). The summed E-state index contributed by atoms with van der Waals surface area (Å²) in [4.78, 5) is 0. The van der Waals surface area contributed by atoms with Crippen molar-refractivity contribution in [3.05, 3.63) is 59.2 Å². The predicted octanol–water partition coefficient (Wildman–Crippen LogP) is 2.91. The Bertz CT molecular complexity index is 697. The van der Waals surface area contributed by atoms with Gasteiger partial charge in [-0.05, 0) is 18.2 Å². The highest BCUT2D eigenvalue weighted by atomic mass is 16.5. The topological polar surface area (TPSA) is 51.0 Å². The second-order valence-electron chi connectivity index (χ2n) is 4.16. The van der Waals surface area contributed by atoms with Crippen LogP contribution in [0.2, 0.25) is 0 Å². The van der Waals surface area contributed by atoms with Gasteiger partial charge in [0.05, 0.1) is 20.4 Å². The number of methoxy groups -OCH3 is 2. The standard InChI is InChI=1S/C17H15NO3/c1-20-16-10-14(9-8-13-6-4-3-5-7-13)15(12-18-19)11-17(16)21-2/h3-7,10-12,19H,1-2H3/b18-12+. The maximum Gasteiger partial charge on any atom is 0.162 e. The minimum Gasteiger partial charge on any atom is -0.493 e. The first-order valence-electron chi connectivity index (χ1n) is 6.29. The lowest BCUT2D eigenvalue weighted by Crippen LogP contribution is -1.96.